The van der Waals surface area contributed by atoms with Crippen LogP contribution in [0.3, 0.4) is 0 Å². The van der Waals surface area contributed by atoms with E-state index in [9.17, 15) is 15.0 Å². The van der Waals surface area contributed by atoms with E-state index in [0.29, 0.717) is 41.6 Å². The van der Waals surface area contributed by atoms with Crippen molar-refractivity contribution in [3.8, 4) is 5.75 Å². The maximum absolute atomic E-state index is 13.7. The van der Waals surface area contributed by atoms with Crippen LogP contribution in [0.25, 0.3) is 10.8 Å². The second-order valence-corrected chi connectivity index (χ2v) is 9.11. The number of rotatable bonds is 9. The fourth-order valence-electron chi connectivity index (χ4n) is 4.97. The van der Waals surface area contributed by atoms with E-state index in [2.05, 4.69) is 42.3 Å². The number of hydrogen-bond donors (Lipinski definition) is 2. The summed E-state index contributed by atoms with van der Waals surface area (Å²) in [6.07, 6.45) is 3.26. The van der Waals surface area contributed by atoms with Crippen molar-refractivity contribution < 1.29 is 19.7 Å². The van der Waals surface area contributed by atoms with Crippen LogP contribution in [-0.4, -0.2) is 59.2 Å². The Kier molecular flexibility index (Phi) is 7.83. The first-order valence-corrected chi connectivity index (χ1v) is 11.9. The van der Waals surface area contributed by atoms with Crippen LogP contribution in [0.4, 0.5) is 0 Å². The highest BCUT2D eigenvalue weighted by molar-refractivity contribution is 5.95. The van der Waals surface area contributed by atoms with Crippen LogP contribution < -0.4 is 4.74 Å². The van der Waals surface area contributed by atoms with Gasteiger partial charge in [0.2, 0.25) is 0 Å². The number of nitrogens with zero attached hydrogens (tertiary/aromatic N) is 2. The predicted molar refractivity (Wildman–Crippen MR) is 134 cm³/mol. The van der Waals surface area contributed by atoms with Gasteiger partial charge in [-0.25, -0.2) is 0 Å². The summed E-state index contributed by atoms with van der Waals surface area (Å²) < 4.78 is 5.42. The van der Waals surface area contributed by atoms with Gasteiger partial charge in [0.25, 0.3) is 5.91 Å². The molecule has 1 amide bonds. The SMILES string of the molecule is COc1cc(C(=O)N(CCC2CCCN2C)Cc2ccc3ccccc3c2)cc(CO)c1CO. The molecule has 0 spiro atoms. The Morgan fingerprint density at radius 2 is 1.88 bits per heavy atom. The van der Waals surface area contributed by atoms with Crippen molar-refractivity contribution in [2.75, 3.05) is 27.2 Å². The molecule has 0 saturated carbocycles. The number of carbonyl (C=O) groups is 1. The molecule has 1 aliphatic rings. The number of fused-ring (bicyclic) bond motifs is 1. The predicted octanol–water partition coefficient (Wildman–Crippen LogP) is 3.96. The lowest BCUT2D eigenvalue weighted by Crippen LogP contribution is -2.35. The molecule has 4 rings (SSSR count). The molecule has 3 aromatic carbocycles. The van der Waals surface area contributed by atoms with E-state index in [1.807, 2.05) is 17.0 Å². The summed E-state index contributed by atoms with van der Waals surface area (Å²) in [7, 11) is 3.66. The maximum Gasteiger partial charge on any atom is 0.254 e. The number of likely N-dealkylation sites (tertiary alicyclic amines) is 1. The van der Waals surface area contributed by atoms with E-state index in [0.717, 1.165) is 30.3 Å². The Morgan fingerprint density at radius 1 is 1.09 bits per heavy atom. The smallest absolute Gasteiger partial charge is 0.254 e. The van der Waals surface area contributed by atoms with Gasteiger partial charge in [0.1, 0.15) is 5.75 Å². The monoisotopic (exact) mass is 462 g/mol. The summed E-state index contributed by atoms with van der Waals surface area (Å²) in [5, 5.41) is 21.9. The Labute approximate surface area is 201 Å². The highest BCUT2D eigenvalue weighted by Gasteiger charge is 2.25. The van der Waals surface area contributed by atoms with Crippen molar-refractivity contribution in [2.45, 2.75) is 45.1 Å². The Balaban J connectivity index is 1.64. The maximum atomic E-state index is 13.7. The van der Waals surface area contributed by atoms with Crippen LogP contribution >= 0.6 is 0 Å². The molecule has 0 bridgehead atoms. The highest BCUT2D eigenvalue weighted by Crippen LogP contribution is 2.27. The fourth-order valence-corrected chi connectivity index (χ4v) is 4.97. The van der Waals surface area contributed by atoms with Crippen LogP contribution in [0.15, 0.2) is 54.6 Å². The molecule has 1 heterocycles. The molecule has 0 radical (unpaired) electrons. The average molecular weight is 463 g/mol. The van der Waals surface area contributed by atoms with E-state index < -0.39 is 0 Å². The molecule has 1 unspecified atom stereocenters. The first-order chi connectivity index (χ1) is 16.5. The molecule has 0 aromatic heterocycles. The number of aliphatic hydroxyl groups is 2. The zero-order valence-corrected chi connectivity index (χ0v) is 20.0. The number of ether oxygens (including phenoxy) is 1. The highest BCUT2D eigenvalue weighted by atomic mass is 16.5. The lowest BCUT2D eigenvalue weighted by molar-refractivity contribution is 0.0728. The summed E-state index contributed by atoms with van der Waals surface area (Å²) >= 11 is 0. The third kappa shape index (κ3) is 5.25. The number of aliphatic hydroxyl groups excluding tert-OH is 2. The molecule has 34 heavy (non-hydrogen) atoms. The Morgan fingerprint density at radius 3 is 2.56 bits per heavy atom. The van der Waals surface area contributed by atoms with Gasteiger partial charge in [-0.2, -0.15) is 0 Å². The van der Waals surface area contributed by atoms with Gasteiger partial charge < -0.3 is 24.7 Å². The van der Waals surface area contributed by atoms with Crippen molar-refractivity contribution in [1.29, 1.82) is 0 Å². The molecule has 1 fully saturated rings. The van der Waals surface area contributed by atoms with Gasteiger partial charge in [-0.15, -0.1) is 0 Å². The van der Waals surface area contributed by atoms with E-state index in [-0.39, 0.29) is 19.1 Å². The van der Waals surface area contributed by atoms with Crippen LogP contribution in [-0.2, 0) is 19.8 Å². The lowest BCUT2D eigenvalue weighted by atomic mass is 10.0. The fraction of sp³-hybridized carbons (Fsp3) is 0.393. The number of amides is 1. The molecule has 1 aliphatic heterocycles. The number of hydrogen-bond acceptors (Lipinski definition) is 5. The first-order valence-electron chi connectivity index (χ1n) is 11.9. The summed E-state index contributed by atoms with van der Waals surface area (Å²) in [5.41, 5.74) is 2.55. The third-order valence-corrected chi connectivity index (χ3v) is 6.97. The number of benzene rings is 3. The minimum Gasteiger partial charge on any atom is -0.496 e. The molecular formula is C28H34N2O4. The number of methoxy groups -OCH3 is 1. The molecule has 180 valence electrons. The minimum absolute atomic E-state index is 0.105. The van der Waals surface area contributed by atoms with Gasteiger partial charge in [0.05, 0.1) is 20.3 Å². The largest absolute Gasteiger partial charge is 0.496 e. The Hall–Kier alpha value is -2.93. The molecule has 1 saturated heterocycles. The molecule has 2 N–H and O–H groups in total. The van der Waals surface area contributed by atoms with Gasteiger partial charge in [-0.05, 0) is 73.0 Å². The van der Waals surface area contributed by atoms with Gasteiger partial charge in [0, 0.05) is 30.3 Å². The molecule has 0 aliphatic carbocycles. The minimum atomic E-state index is -0.273. The Bertz CT molecular complexity index is 1120. The summed E-state index contributed by atoms with van der Waals surface area (Å²) in [4.78, 5) is 18.0. The van der Waals surface area contributed by atoms with Crippen molar-refractivity contribution in [3.63, 3.8) is 0 Å². The summed E-state index contributed by atoms with van der Waals surface area (Å²) in [6, 6.07) is 18.4. The van der Waals surface area contributed by atoms with E-state index >= 15 is 0 Å². The van der Waals surface area contributed by atoms with Crippen LogP contribution in [0, 0.1) is 0 Å². The van der Waals surface area contributed by atoms with Gasteiger partial charge >= 0.3 is 0 Å². The normalized spacial score (nSPS) is 16.2. The lowest BCUT2D eigenvalue weighted by Gasteiger charge is -2.27. The average Bonchev–Trinajstić information content (AvgIpc) is 3.29. The van der Waals surface area contributed by atoms with Crippen LogP contribution in [0.1, 0.15) is 46.3 Å². The topological polar surface area (TPSA) is 73.2 Å². The number of carbonyl (C=O) groups excluding carboxylic acids is 1. The van der Waals surface area contributed by atoms with Crippen molar-refractivity contribution in [3.05, 3.63) is 76.9 Å². The van der Waals surface area contributed by atoms with E-state index in [1.165, 1.54) is 18.9 Å². The second-order valence-electron chi connectivity index (χ2n) is 9.11. The molecule has 3 aromatic rings. The molecular weight excluding hydrogens is 428 g/mol. The molecule has 6 nitrogen and oxygen atoms in total. The van der Waals surface area contributed by atoms with Crippen LogP contribution in [0.5, 0.6) is 5.75 Å². The van der Waals surface area contributed by atoms with Crippen molar-refractivity contribution in [2.24, 2.45) is 0 Å². The molecule has 6 heteroatoms. The standard InChI is InChI=1S/C28H34N2O4/c1-29-12-5-8-25(29)11-13-30(17-20-9-10-21-6-3-4-7-22(21)14-20)28(33)23-15-24(18-31)26(19-32)27(16-23)34-2/h3-4,6-7,9-10,14-16,25,31-32H,5,8,11-13,17-19H2,1-2H3. The van der Waals surface area contributed by atoms with Gasteiger partial charge in [-0.1, -0.05) is 36.4 Å². The summed E-state index contributed by atoms with van der Waals surface area (Å²) in [6.45, 7) is 1.70. The van der Waals surface area contributed by atoms with E-state index in [4.69, 9.17) is 4.74 Å². The third-order valence-electron chi connectivity index (χ3n) is 6.97. The van der Waals surface area contributed by atoms with Crippen molar-refractivity contribution in [1.82, 2.24) is 9.80 Å². The van der Waals surface area contributed by atoms with E-state index in [1.54, 1.807) is 12.1 Å². The quantitative estimate of drug-likeness (QED) is 0.504. The van der Waals surface area contributed by atoms with Gasteiger partial charge in [0.15, 0.2) is 0 Å². The second kappa shape index (κ2) is 11.0. The zero-order valence-electron chi connectivity index (χ0n) is 20.0. The summed E-state index contributed by atoms with van der Waals surface area (Å²) in [5.74, 6) is 0.310. The van der Waals surface area contributed by atoms with Crippen LogP contribution in [0.2, 0.25) is 0 Å². The van der Waals surface area contributed by atoms with Crippen molar-refractivity contribution >= 4 is 16.7 Å². The molecule has 1 atom stereocenters. The zero-order chi connectivity index (χ0) is 24.1. The first kappa shape index (κ1) is 24.2. The van der Waals surface area contributed by atoms with Gasteiger partial charge in [-0.3, -0.25) is 4.79 Å².